The first kappa shape index (κ1) is 11.5. The van der Waals surface area contributed by atoms with Gasteiger partial charge in [0, 0.05) is 6.04 Å². The van der Waals surface area contributed by atoms with Gasteiger partial charge in [0.1, 0.15) is 12.1 Å². The molecule has 2 rings (SSSR count). The summed E-state index contributed by atoms with van der Waals surface area (Å²) in [4.78, 5) is 4.53. The van der Waals surface area contributed by atoms with Crippen LogP contribution in [-0.4, -0.2) is 9.36 Å². The Morgan fingerprint density at radius 2 is 2.31 bits per heavy atom. The molecule has 2 N–H and O–H groups in total. The molecule has 0 spiro atoms. The lowest BCUT2D eigenvalue weighted by atomic mass is 10.1. The number of benzene rings is 1. The Hall–Kier alpha value is -0.980. The molecule has 0 fully saturated rings. The van der Waals surface area contributed by atoms with Gasteiger partial charge in [0.25, 0.3) is 0 Å². The molecule has 0 saturated carbocycles. The van der Waals surface area contributed by atoms with Crippen molar-refractivity contribution in [3.8, 4) is 0 Å². The van der Waals surface area contributed by atoms with Gasteiger partial charge in [-0.1, -0.05) is 17.8 Å². The number of rotatable bonds is 3. The number of nitrogens with zero attached hydrogens (tertiary/aromatic N) is 2. The van der Waals surface area contributed by atoms with Crippen LogP contribution in [0.5, 0.6) is 0 Å². The Kier molecular flexibility index (Phi) is 3.52. The minimum Gasteiger partial charge on any atom is -0.324 e. The second-order valence-electron chi connectivity index (χ2n) is 3.29. The van der Waals surface area contributed by atoms with Crippen molar-refractivity contribution in [3.05, 3.63) is 35.9 Å². The Bertz CT molecular complexity index is 471. The van der Waals surface area contributed by atoms with Crippen LogP contribution in [0.3, 0.4) is 0 Å². The summed E-state index contributed by atoms with van der Waals surface area (Å²) in [6.45, 7) is 1.83. The molecule has 1 heterocycles. The maximum absolute atomic E-state index is 13.7. The third-order valence-corrected chi connectivity index (χ3v) is 3.79. The van der Waals surface area contributed by atoms with E-state index in [0.717, 1.165) is 9.90 Å². The summed E-state index contributed by atoms with van der Waals surface area (Å²) in [5.41, 5.74) is 6.47. The van der Waals surface area contributed by atoms with E-state index >= 15 is 0 Å². The van der Waals surface area contributed by atoms with Crippen molar-refractivity contribution in [2.24, 2.45) is 5.73 Å². The predicted octanol–water partition coefficient (Wildman–Crippen LogP) is 2.85. The highest BCUT2D eigenvalue weighted by molar-refractivity contribution is 8.01. The first-order valence-electron chi connectivity index (χ1n) is 4.66. The van der Waals surface area contributed by atoms with Gasteiger partial charge in [0.2, 0.25) is 0 Å². The fourth-order valence-corrected chi connectivity index (χ4v) is 2.59. The molecule has 84 valence electrons. The minimum atomic E-state index is -0.269. The van der Waals surface area contributed by atoms with Crippen LogP contribution < -0.4 is 5.73 Å². The van der Waals surface area contributed by atoms with Gasteiger partial charge in [-0.25, -0.2) is 9.37 Å². The molecule has 0 radical (unpaired) electrons. The molecule has 1 atom stereocenters. The molecular formula is C10H10FN3S2. The molecular weight excluding hydrogens is 245 g/mol. The van der Waals surface area contributed by atoms with Crippen LogP contribution in [0.4, 0.5) is 4.39 Å². The predicted molar refractivity (Wildman–Crippen MR) is 63.0 cm³/mol. The van der Waals surface area contributed by atoms with Crippen molar-refractivity contribution in [3.63, 3.8) is 0 Å². The average molecular weight is 255 g/mol. The van der Waals surface area contributed by atoms with Crippen LogP contribution in [0.2, 0.25) is 0 Å². The van der Waals surface area contributed by atoms with Crippen LogP contribution in [0.15, 0.2) is 33.8 Å². The fourth-order valence-electron chi connectivity index (χ4n) is 1.19. The fraction of sp³-hybridized carbons (Fsp3) is 0.200. The first-order chi connectivity index (χ1) is 7.66. The van der Waals surface area contributed by atoms with Gasteiger partial charge in [0.05, 0.1) is 4.90 Å². The molecule has 16 heavy (non-hydrogen) atoms. The lowest BCUT2D eigenvalue weighted by Gasteiger charge is -2.07. The molecule has 0 aliphatic heterocycles. The zero-order valence-electron chi connectivity index (χ0n) is 8.55. The van der Waals surface area contributed by atoms with Crippen molar-refractivity contribution in [1.82, 2.24) is 9.36 Å². The van der Waals surface area contributed by atoms with E-state index < -0.39 is 0 Å². The first-order valence-corrected chi connectivity index (χ1v) is 6.25. The van der Waals surface area contributed by atoms with Gasteiger partial charge < -0.3 is 5.73 Å². The van der Waals surface area contributed by atoms with Crippen molar-refractivity contribution in [1.29, 1.82) is 0 Å². The van der Waals surface area contributed by atoms with E-state index in [1.807, 2.05) is 13.0 Å². The van der Waals surface area contributed by atoms with Crippen LogP contribution in [0, 0.1) is 5.82 Å². The Morgan fingerprint density at radius 1 is 1.50 bits per heavy atom. The van der Waals surface area contributed by atoms with E-state index in [9.17, 15) is 4.39 Å². The number of aromatic nitrogens is 2. The Morgan fingerprint density at radius 3 is 2.88 bits per heavy atom. The molecule has 3 nitrogen and oxygen atoms in total. The summed E-state index contributed by atoms with van der Waals surface area (Å²) < 4.78 is 18.3. The van der Waals surface area contributed by atoms with Crippen LogP contribution in [0.25, 0.3) is 0 Å². The topological polar surface area (TPSA) is 51.8 Å². The second kappa shape index (κ2) is 4.90. The van der Waals surface area contributed by atoms with Gasteiger partial charge in [-0.2, -0.15) is 4.37 Å². The third-order valence-electron chi connectivity index (χ3n) is 2.02. The summed E-state index contributed by atoms with van der Waals surface area (Å²) in [6, 6.07) is 4.86. The summed E-state index contributed by atoms with van der Waals surface area (Å²) >= 11 is 2.52. The molecule has 0 saturated heterocycles. The molecule has 0 amide bonds. The normalized spacial score (nSPS) is 12.7. The standard InChI is InChI=1S/C10H10FN3S2/c1-6(12)7-2-3-9(8(11)4-7)15-10-13-5-14-16-10/h2-6H,12H2,1H3/t6-/m0/s1. The van der Waals surface area contributed by atoms with Crippen LogP contribution in [0.1, 0.15) is 18.5 Å². The number of hydrogen-bond donors (Lipinski definition) is 1. The van der Waals surface area contributed by atoms with E-state index in [0.29, 0.717) is 4.90 Å². The summed E-state index contributed by atoms with van der Waals surface area (Å²) in [5.74, 6) is -0.269. The molecule has 6 heteroatoms. The zero-order valence-corrected chi connectivity index (χ0v) is 10.2. The van der Waals surface area contributed by atoms with Crippen molar-refractivity contribution >= 4 is 23.3 Å². The SMILES string of the molecule is C[C@H](N)c1ccc(Sc2ncns2)c(F)c1. The molecule has 0 aliphatic carbocycles. The highest BCUT2D eigenvalue weighted by Crippen LogP contribution is 2.31. The van der Waals surface area contributed by atoms with E-state index in [-0.39, 0.29) is 11.9 Å². The van der Waals surface area contributed by atoms with E-state index in [1.165, 1.54) is 35.7 Å². The number of hydrogen-bond acceptors (Lipinski definition) is 5. The van der Waals surface area contributed by atoms with Gasteiger partial charge in [-0.15, -0.1) is 0 Å². The highest BCUT2D eigenvalue weighted by Gasteiger charge is 2.09. The minimum absolute atomic E-state index is 0.157. The monoisotopic (exact) mass is 255 g/mol. The Labute approximate surface area is 101 Å². The average Bonchev–Trinajstić information content (AvgIpc) is 2.73. The molecule has 0 bridgehead atoms. The van der Waals surface area contributed by atoms with Crippen molar-refractivity contribution in [2.45, 2.75) is 22.2 Å². The largest absolute Gasteiger partial charge is 0.324 e. The molecule has 0 aliphatic rings. The van der Waals surface area contributed by atoms with E-state index in [2.05, 4.69) is 9.36 Å². The second-order valence-corrected chi connectivity index (χ2v) is 5.36. The van der Waals surface area contributed by atoms with Gasteiger partial charge >= 0.3 is 0 Å². The molecule has 1 aromatic carbocycles. The van der Waals surface area contributed by atoms with Crippen molar-refractivity contribution in [2.75, 3.05) is 0 Å². The number of halogens is 1. The highest BCUT2D eigenvalue weighted by atomic mass is 32.2. The summed E-state index contributed by atoms with van der Waals surface area (Å²) in [7, 11) is 0. The van der Waals surface area contributed by atoms with Gasteiger partial charge in [0.15, 0.2) is 4.34 Å². The van der Waals surface area contributed by atoms with Gasteiger partial charge in [-0.05, 0) is 36.2 Å². The lowest BCUT2D eigenvalue weighted by molar-refractivity contribution is 0.596. The number of nitrogens with two attached hydrogens (primary N) is 1. The maximum atomic E-state index is 13.7. The molecule has 1 aromatic heterocycles. The van der Waals surface area contributed by atoms with E-state index in [1.54, 1.807) is 6.07 Å². The zero-order chi connectivity index (χ0) is 11.5. The van der Waals surface area contributed by atoms with Crippen molar-refractivity contribution < 1.29 is 4.39 Å². The third kappa shape index (κ3) is 2.58. The van der Waals surface area contributed by atoms with E-state index in [4.69, 9.17) is 5.73 Å². The Balaban J connectivity index is 2.23. The molecule has 0 unspecified atom stereocenters. The summed E-state index contributed by atoms with van der Waals surface area (Å²) in [6.07, 6.45) is 1.46. The quantitative estimate of drug-likeness (QED) is 0.916. The summed E-state index contributed by atoms with van der Waals surface area (Å²) in [5, 5.41) is 0. The van der Waals surface area contributed by atoms with Crippen LogP contribution >= 0.6 is 23.3 Å². The molecule has 2 aromatic rings. The lowest BCUT2D eigenvalue weighted by Crippen LogP contribution is -2.05. The smallest absolute Gasteiger partial charge is 0.174 e. The maximum Gasteiger partial charge on any atom is 0.174 e. The van der Waals surface area contributed by atoms with Crippen LogP contribution in [-0.2, 0) is 0 Å². The van der Waals surface area contributed by atoms with Gasteiger partial charge in [-0.3, -0.25) is 0 Å².